The molecule has 0 amide bonds. The van der Waals surface area contributed by atoms with E-state index in [1.54, 1.807) is 12.4 Å². The first kappa shape index (κ1) is 12.7. The highest BCUT2D eigenvalue weighted by Gasteiger charge is 2.10. The van der Waals surface area contributed by atoms with E-state index >= 15 is 0 Å². The molecule has 2 aromatic rings. The molecule has 0 saturated carbocycles. The third kappa shape index (κ3) is 2.94. The Balaban J connectivity index is 2.18. The van der Waals surface area contributed by atoms with E-state index in [9.17, 15) is 0 Å². The summed E-state index contributed by atoms with van der Waals surface area (Å²) in [6, 6.07) is 10.6. The number of nitrogens with two attached hydrogens (primary N) is 1. The van der Waals surface area contributed by atoms with Gasteiger partial charge in [-0.05, 0) is 54.7 Å². The Morgan fingerprint density at radius 2 is 1.83 bits per heavy atom. The van der Waals surface area contributed by atoms with Gasteiger partial charge in [0.2, 0.25) is 0 Å². The average Bonchev–Trinajstić information content (AvgIpc) is 2.41. The summed E-state index contributed by atoms with van der Waals surface area (Å²) in [6.45, 7) is 4.26. The zero-order chi connectivity index (χ0) is 13.0. The Bertz CT molecular complexity index is 508. The van der Waals surface area contributed by atoms with Crippen LogP contribution in [0.1, 0.15) is 28.3 Å². The molecule has 1 aromatic carbocycles. The number of benzene rings is 1. The topological polar surface area (TPSA) is 50.9 Å². The molecule has 0 bridgehead atoms. The fourth-order valence-corrected chi connectivity index (χ4v) is 2.03. The lowest BCUT2D eigenvalue weighted by molar-refractivity contribution is 0.551. The van der Waals surface area contributed by atoms with Crippen molar-refractivity contribution in [1.82, 2.24) is 10.4 Å². The normalized spacial score (nSPS) is 12.4. The van der Waals surface area contributed by atoms with Crippen LogP contribution in [0.5, 0.6) is 0 Å². The lowest BCUT2D eigenvalue weighted by atomic mass is 9.97. The smallest absolute Gasteiger partial charge is 0.0501 e. The molecule has 0 aliphatic carbocycles. The van der Waals surface area contributed by atoms with Crippen molar-refractivity contribution >= 4 is 0 Å². The molecule has 94 valence electrons. The van der Waals surface area contributed by atoms with Crippen molar-refractivity contribution in [2.75, 3.05) is 0 Å². The van der Waals surface area contributed by atoms with Crippen molar-refractivity contribution < 1.29 is 0 Å². The lowest BCUT2D eigenvalue weighted by Crippen LogP contribution is -2.29. The van der Waals surface area contributed by atoms with Gasteiger partial charge in [-0.1, -0.05) is 18.2 Å². The van der Waals surface area contributed by atoms with E-state index < -0.39 is 0 Å². The molecule has 1 aromatic heterocycles. The first-order chi connectivity index (χ1) is 8.70. The van der Waals surface area contributed by atoms with Crippen LogP contribution in [0.3, 0.4) is 0 Å². The van der Waals surface area contributed by atoms with Crippen LogP contribution in [0, 0.1) is 13.8 Å². The fraction of sp³-hybridized carbons (Fsp3) is 0.267. The number of pyridine rings is 1. The Morgan fingerprint density at radius 3 is 2.44 bits per heavy atom. The molecule has 1 atom stereocenters. The van der Waals surface area contributed by atoms with Crippen LogP contribution < -0.4 is 11.3 Å². The van der Waals surface area contributed by atoms with E-state index in [0.29, 0.717) is 0 Å². The summed E-state index contributed by atoms with van der Waals surface area (Å²) >= 11 is 0. The van der Waals surface area contributed by atoms with Gasteiger partial charge in [0.1, 0.15) is 0 Å². The molecule has 0 spiro atoms. The van der Waals surface area contributed by atoms with Crippen LogP contribution in [-0.4, -0.2) is 4.98 Å². The number of nitrogens with one attached hydrogen (secondary N) is 1. The predicted molar refractivity (Wildman–Crippen MR) is 73.9 cm³/mol. The van der Waals surface area contributed by atoms with Gasteiger partial charge in [0.25, 0.3) is 0 Å². The third-order valence-corrected chi connectivity index (χ3v) is 3.32. The Kier molecular flexibility index (Phi) is 4.07. The maximum atomic E-state index is 5.65. The minimum Gasteiger partial charge on any atom is -0.271 e. The van der Waals surface area contributed by atoms with Gasteiger partial charge in [0.05, 0.1) is 6.04 Å². The first-order valence-corrected chi connectivity index (χ1v) is 6.13. The molecule has 3 N–H and O–H groups in total. The summed E-state index contributed by atoms with van der Waals surface area (Å²) in [5.41, 5.74) is 7.96. The summed E-state index contributed by atoms with van der Waals surface area (Å²) in [5, 5.41) is 0. The van der Waals surface area contributed by atoms with Crippen molar-refractivity contribution in [3.63, 3.8) is 0 Å². The van der Waals surface area contributed by atoms with E-state index in [1.807, 2.05) is 12.1 Å². The van der Waals surface area contributed by atoms with Gasteiger partial charge in [0.15, 0.2) is 0 Å². The molecule has 1 unspecified atom stereocenters. The molecular formula is C15H19N3. The highest BCUT2D eigenvalue weighted by atomic mass is 15.2. The number of hydrogen-bond acceptors (Lipinski definition) is 3. The number of aryl methyl sites for hydroxylation is 2. The molecule has 0 aliphatic heterocycles. The van der Waals surface area contributed by atoms with E-state index in [1.165, 1.54) is 16.7 Å². The molecule has 3 heteroatoms. The molecule has 0 fully saturated rings. The maximum absolute atomic E-state index is 5.65. The van der Waals surface area contributed by atoms with E-state index in [2.05, 4.69) is 42.5 Å². The molecule has 0 radical (unpaired) electrons. The predicted octanol–water partition coefficient (Wildman–Crippen LogP) is 2.45. The molecule has 2 rings (SSSR count). The number of hydrazine groups is 1. The fourth-order valence-electron chi connectivity index (χ4n) is 2.03. The second kappa shape index (κ2) is 5.76. The van der Waals surface area contributed by atoms with Crippen molar-refractivity contribution in [2.45, 2.75) is 26.3 Å². The van der Waals surface area contributed by atoms with E-state index in [-0.39, 0.29) is 6.04 Å². The van der Waals surface area contributed by atoms with Crippen LogP contribution >= 0.6 is 0 Å². The van der Waals surface area contributed by atoms with Gasteiger partial charge in [-0.3, -0.25) is 16.3 Å². The molecule has 1 heterocycles. The zero-order valence-corrected chi connectivity index (χ0v) is 10.9. The van der Waals surface area contributed by atoms with Gasteiger partial charge >= 0.3 is 0 Å². The van der Waals surface area contributed by atoms with Gasteiger partial charge in [-0.15, -0.1) is 0 Å². The van der Waals surface area contributed by atoms with Crippen LogP contribution in [0.2, 0.25) is 0 Å². The van der Waals surface area contributed by atoms with Gasteiger partial charge in [-0.2, -0.15) is 0 Å². The van der Waals surface area contributed by atoms with E-state index in [0.717, 1.165) is 12.0 Å². The highest BCUT2D eigenvalue weighted by molar-refractivity contribution is 5.31. The molecule has 0 aliphatic rings. The van der Waals surface area contributed by atoms with Crippen LogP contribution in [-0.2, 0) is 6.42 Å². The van der Waals surface area contributed by atoms with Crippen LogP contribution in [0.25, 0.3) is 0 Å². The summed E-state index contributed by atoms with van der Waals surface area (Å²) in [6.07, 6.45) is 4.46. The number of rotatable bonds is 4. The van der Waals surface area contributed by atoms with Crippen LogP contribution in [0.15, 0.2) is 42.7 Å². The summed E-state index contributed by atoms with van der Waals surface area (Å²) in [4.78, 5) is 4.03. The summed E-state index contributed by atoms with van der Waals surface area (Å²) in [5.74, 6) is 5.65. The lowest BCUT2D eigenvalue weighted by Gasteiger charge is -2.16. The van der Waals surface area contributed by atoms with Crippen molar-refractivity contribution in [3.8, 4) is 0 Å². The largest absolute Gasteiger partial charge is 0.271 e. The minimum atomic E-state index is 0.120. The van der Waals surface area contributed by atoms with Gasteiger partial charge in [-0.25, -0.2) is 0 Å². The summed E-state index contributed by atoms with van der Waals surface area (Å²) < 4.78 is 0. The molecular weight excluding hydrogens is 222 g/mol. The Morgan fingerprint density at radius 1 is 1.11 bits per heavy atom. The third-order valence-electron chi connectivity index (χ3n) is 3.32. The monoisotopic (exact) mass is 241 g/mol. The van der Waals surface area contributed by atoms with Gasteiger partial charge < -0.3 is 0 Å². The highest BCUT2D eigenvalue weighted by Crippen LogP contribution is 2.18. The number of aromatic nitrogens is 1. The number of hydrogen-bond donors (Lipinski definition) is 2. The number of nitrogens with zero attached hydrogens (tertiary/aromatic N) is 1. The first-order valence-electron chi connectivity index (χ1n) is 6.13. The Hall–Kier alpha value is -1.71. The molecule has 18 heavy (non-hydrogen) atoms. The summed E-state index contributed by atoms with van der Waals surface area (Å²) in [7, 11) is 0. The SMILES string of the molecule is Cc1ccc(CC(NN)c2ccncc2)cc1C. The maximum Gasteiger partial charge on any atom is 0.0501 e. The second-order valence-electron chi connectivity index (χ2n) is 4.62. The quantitative estimate of drug-likeness (QED) is 0.638. The second-order valence-corrected chi connectivity index (χ2v) is 4.62. The average molecular weight is 241 g/mol. The zero-order valence-electron chi connectivity index (χ0n) is 10.9. The van der Waals surface area contributed by atoms with Crippen molar-refractivity contribution in [1.29, 1.82) is 0 Å². The van der Waals surface area contributed by atoms with E-state index in [4.69, 9.17) is 5.84 Å². The Labute approximate surface area is 108 Å². The minimum absolute atomic E-state index is 0.120. The van der Waals surface area contributed by atoms with Crippen LogP contribution in [0.4, 0.5) is 0 Å². The molecule has 0 saturated heterocycles. The van der Waals surface area contributed by atoms with Gasteiger partial charge in [0, 0.05) is 12.4 Å². The standard InChI is InChI=1S/C15H19N3/c1-11-3-4-13(9-12(11)2)10-15(18-16)14-5-7-17-8-6-14/h3-9,15,18H,10,16H2,1-2H3. The van der Waals surface area contributed by atoms with Crippen molar-refractivity contribution in [2.24, 2.45) is 5.84 Å². The van der Waals surface area contributed by atoms with Crippen molar-refractivity contribution in [3.05, 3.63) is 65.0 Å². The molecule has 3 nitrogen and oxygen atoms in total.